The predicted octanol–water partition coefficient (Wildman–Crippen LogP) is 4.41. The second-order valence-corrected chi connectivity index (χ2v) is 8.60. The second-order valence-electron chi connectivity index (χ2n) is 8.60. The quantitative estimate of drug-likeness (QED) is 0.224. The molecule has 0 spiro atoms. The summed E-state index contributed by atoms with van der Waals surface area (Å²) in [4.78, 5) is 31.5. The van der Waals surface area contributed by atoms with E-state index in [1.165, 1.54) is 0 Å². The van der Waals surface area contributed by atoms with E-state index >= 15 is 0 Å². The number of amides is 1. The number of carbonyl (C=O) groups is 2. The normalized spacial score (nSPS) is 17.2. The van der Waals surface area contributed by atoms with Gasteiger partial charge in [0, 0.05) is 25.1 Å². The summed E-state index contributed by atoms with van der Waals surface area (Å²) in [6, 6.07) is 7.35. The average molecular weight is 494 g/mol. The van der Waals surface area contributed by atoms with Crippen molar-refractivity contribution in [3.8, 4) is 5.75 Å². The lowest BCUT2D eigenvalue weighted by atomic mass is 9.89. The lowest BCUT2D eigenvalue weighted by Crippen LogP contribution is -2.34. The van der Waals surface area contributed by atoms with E-state index in [0.29, 0.717) is 49.7 Å². The van der Waals surface area contributed by atoms with E-state index in [-0.39, 0.29) is 18.6 Å². The zero-order valence-electron chi connectivity index (χ0n) is 21.3. The fraction of sp³-hybridized carbons (Fsp3) is 0.444. The van der Waals surface area contributed by atoms with Gasteiger partial charge in [0.05, 0.1) is 12.6 Å². The molecule has 1 unspecified atom stereocenters. The molecule has 3 rings (SSSR count). The van der Waals surface area contributed by atoms with Crippen LogP contribution in [0.4, 0.5) is 0 Å². The molecule has 0 bridgehead atoms. The van der Waals surface area contributed by atoms with Crippen LogP contribution < -0.4 is 10.6 Å². The number of nitrogens with two attached hydrogens (primary N) is 1. The van der Waals surface area contributed by atoms with Crippen LogP contribution in [0.25, 0.3) is 5.57 Å². The predicted molar refractivity (Wildman–Crippen MR) is 139 cm³/mol. The van der Waals surface area contributed by atoms with Gasteiger partial charge in [0.1, 0.15) is 5.75 Å². The zero-order chi connectivity index (χ0) is 25.9. The van der Waals surface area contributed by atoms with Crippen LogP contribution >= 0.6 is 0 Å². The highest BCUT2D eigenvalue weighted by atomic mass is 16.6. The van der Waals surface area contributed by atoms with E-state index in [1.807, 2.05) is 41.3 Å². The van der Waals surface area contributed by atoms with Gasteiger partial charge in [-0.25, -0.2) is 4.79 Å². The minimum Gasteiger partial charge on any atom is -0.482 e. The molecule has 9 nitrogen and oxygen atoms in total. The summed E-state index contributed by atoms with van der Waals surface area (Å²) in [7, 11) is 0. The van der Waals surface area contributed by atoms with Crippen molar-refractivity contribution in [2.75, 3.05) is 26.3 Å². The number of fused-ring (bicyclic) bond motifs is 1. The number of hydrogen-bond acceptors (Lipinski definition) is 7. The summed E-state index contributed by atoms with van der Waals surface area (Å²) in [5.74, 6) is 5.99. The standard InChI is InChI=1S/C27H35N5O4/c1-4-13-32(14-5-2)27(34)22-15-21-8-7-20(16-24(21)29-25(17-22)30-31-28)19-9-11-23(12-10-19)36-18-26(33)35-6-3/h7-12,15,24H,4-6,13-14,16-18H2,1-3H3,(H2,28,29,30). The van der Waals surface area contributed by atoms with Crippen molar-refractivity contribution in [2.45, 2.75) is 52.5 Å². The van der Waals surface area contributed by atoms with Crippen molar-refractivity contribution >= 4 is 23.3 Å². The number of esters is 1. The number of amidine groups is 1. The number of aliphatic imine (C=N–C) groups is 1. The number of ether oxygens (including phenoxy) is 2. The molecule has 0 fully saturated rings. The summed E-state index contributed by atoms with van der Waals surface area (Å²) >= 11 is 0. The molecular formula is C27H35N5O4. The number of rotatable bonds is 10. The molecule has 0 aromatic heterocycles. The highest BCUT2D eigenvalue weighted by molar-refractivity contribution is 6.01. The smallest absolute Gasteiger partial charge is 0.344 e. The molecular weight excluding hydrogens is 458 g/mol. The number of nitrogens with zero attached hydrogens (tertiary/aromatic N) is 4. The Morgan fingerprint density at radius 1 is 1.11 bits per heavy atom. The Kier molecular flexibility index (Phi) is 9.97. The first-order valence-electron chi connectivity index (χ1n) is 12.5. The van der Waals surface area contributed by atoms with Gasteiger partial charge in [-0.3, -0.25) is 9.79 Å². The summed E-state index contributed by atoms with van der Waals surface area (Å²) < 4.78 is 10.4. The number of hydrogen-bond donors (Lipinski definition) is 1. The highest BCUT2D eigenvalue weighted by Crippen LogP contribution is 2.33. The Hall–Kier alpha value is -3.75. The number of allylic oxidation sites excluding steroid dienone is 2. The van der Waals surface area contributed by atoms with E-state index < -0.39 is 5.97 Å². The number of benzene rings is 1. The minimum atomic E-state index is -0.399. The van der Waals surface area contributed by atoms with Crippen molar-refractivity contribution in [1.29, 1.82) is 0 Å². The zero-order valence-corrected chi connectivity index (χ0v) is 21.3. The van der Waals surface area contributed by atoms with Gasteiger partial charge in [-0.2, -0.15) is 0 Å². The van der Waals surface area contributed by atoms with Gasteiger partial charge in [0.25, 0.3) is 0 Å². The van der Waals surface area contributed by atoms with Crippen LogP contribution in [-0.4, -0.2) is 55.0 Å². The molecule has 2 aliphatic rings. The Balaban J connectivity index is 1.83. The van der Waals surface area contributed by atoms with Crippen LogP contribution in [0.1, 0.15) is 52.0 Å². The maximum atomic E-state index is 13.3. The van der Waals surface area contributed by atoms with Crippen molar-refractivity contribution < 1.29 is 19.1 Å². The fourth-order valence-electron chi connectivity index (χ4n) is 4.26. The maximum Gasteiger partial charge on any atom is 0.344 e. The maximum absolute atomic E-state index is 13.3. The first-order chi connectivity index (χ1) is 17.5. The molecule has 192 valence electrons. The molecule has 2 N–H and O–H groups in total. The van der Waals surface area contributed by atoms with E-state index in [9.17, 15) is 9.59 Å². The van der Waals surface area contributed by atoms with E-state index in [4.69, 9.17) is 20.3 Å². The third-order valence-corrected chi connectivity index (χ3v) is 5.88. The van der Waals surface area contributed by atoms with Crippen LogP contribution in [-0.2, 0) is 14.3 Å². The molecule has 36 heavy (non-hydrogen) atoms. The molecule has 0 saturated heterocycles. The first kappa shape index (κ1) is 26.8. The van der Waals surface area contributed by atoms with Gasteiger partial charge >= 0.3 is 5.97 Å². The van der Waals surface area contributed by atoms with Crippen molar-refractivity contribution in [2.24, 2.45) is 21.2 Å². The van der Waals surface area contributed by atoms with E-state index in [0.717, 1.165) is 29.6 Å². The molecule has 1 aromatic rings. The van der Waals surface area contributed by atoms with Crippen LogP contribution in [0, 0.1) is 0 Å². The molecule has 1 atom stereocenters. The van der Waals surface area contributed by atoms with Gasteiger partial charge in [0.15, 0.2) is 12.4 Å². The van der Waals surface area contributed by atoms with Crippen LogP contribution in [0.15, 0.2) is 69.0 Å². The average Bonchev–Trinajstić information content (AvgIpc) is 3.06. The lowest BCUT2D eigenvalue weighted by Gasteiger charge is -2.23. The fourth-order valence-corrected chi connectivity index (χ4v) is 4.26. The molecule has 9 heteroatoms. The molecule has 0 saturated carbocycles. The molecule has 1 aromatic carbocycles. The number of carbonyl (C=O) groups excluding carboxylic acids is 2. The molecule has 1 aliphatic carbocycles. The van der Waals surface area contributed by atoms with E-state index in [2.05, 4.69) is 30.3 Å². The van der Waals surface area contributed by atoms with Crippen LogP contribution in [0.2, 0.25) is 0 Å². The molecule has 1 heterocycles. The summed E-state index contributed by atoms with van der Waals surface area (Å²) in [5.41, 5.74) is 3.73. The monoisotopic (exact) mass is 493 g/mol. The second kappa shape index (κ2) is 13.4. The minimum absolute atomic E-state index is 0.00774. The topological polar surface area (TPSA) is 119 Å². The van der Waals surface area contributed by atoms with Crippen LogP contribution in [0.5, 0.6) is 5.75 Å². The third kappa shape index (κ3) is 7.13. The van der Waals surface area contributed by atoms with Gasteiger partial charge in [-0.1, -0.05) is 43.4 Å². The van der Waals surface area contributed by atoms with Crippen molar-refractivity contribution in [1.82, 2.24) is 4.90 Å². The van der Waals surface area contributed by atoms with Crippen molar-refractivity contribution in [3.63, 3.8) is 0 Å². The van der Waals surface area contributed by atoms with Gasteiger partial charge in [-0.15, -0.1) is 5.11 Å². The SMILES string of the molecule is CCCN(CCC)C(=O)C1=CC2=CC=C(c3ccc(OCC(=O)OCC)cc3)CC2N=C(N=NN)C1. The Morgan fingerprint density at radius 3 is 2.47 bits per heavy atom. The third-order valence-electron chi connectivity index (χ3n) is 5.88. The Bertz CT molecular complexity index is 1080. The molecule has 1 aliphatic heterocycles. The molecule has 0 radical (unpaired) electrons. The van der Waals surface area contributed by atoms with E-state index in [1.54, 1.807) is 6.92 Å². The van der Waals surface area contributed by atoms with Crippen LogP contribution in [0.3, 0.4) is 0 Å². The summed E-state index contributed by atoms with van der Waals surface area (Å²) in [5, 5.41) is 7.46. The van der Waals surface area contributed by atoms with Gasteiger partial charge < -0.3 is 20.2 Å². The largest absolute Gasteiger partial charge is 0.482 e. The summed E-state index contributed by atoms with van der Waals surface area (Å²) in [6.07, 6.45) is 8.74. The Morgan fingerprint density at radius 2 is 1.83 bits per heavy atom. The lowest BCUT2D eigenvalue weighted by molar-refractivity contribution is -0.145. The first-order valence-corrected chi connectivity index (χ1v) is 12.5. The van der Waals surface area contributed by atoms with Crippen molar-refractivity contribution in [3.05, 3.63) is 59.2 Å². The van der Waals surface area contributed by atoms with Gasteiger partial charge in [-0.05, 0) is 61.1 Å². The molecule has 1 amide bonds. The summed E-state index contributed by atoms with van der Waals surface area (Å²) in [6.45, 7) is 7.51. The van der Waals surface area contributed by atoms with Gasteiger partial charge in [0.2, 0.25) is 5.91 Å². The Labute approximate surface area is 212 Å². The highest BCUT2D eigenvalue weighted by Gasteiger charge is 2.27.